The average Bonchev–Trinajstić information content (AvgIpc) is 3.67. The summed E-state index contributed by atoms with van der Waals surface area (Å²) in [5.74, 6) is -4.81. The summed E-state index contributed by atoms with van der Waals surface area (Å²) in [6, 6.07) is 1.55. The molecule has 3 N–H and O–H groups in total. The lowest BCUT2D eigenvalue weighted by molar-refractivity contribution is -0.149. The number of hydrogen-bond donors (Lipinski definition) is 3. The van der Waals surface area contributed by atoms with Crippen LogP contribution in [0, 0.1) is 11.6 Å². The minimum Gasteiger partial charge on any atom is -0.496 e. The van der Waals surface area contributed by atoms with Crippen LogP contribution in [0.3, 0.4) is 0 Å². The second-order valence-corrected chi connectivity index (χ2v) is 8.83. The van der Waals surface area contributed by atoms with Crippen LogP contribution in [0.2, 0.25) is 5.02 Å². The summed E-state index contributed by atoms with van der Waals surface area (Å²) in [6.45, 7) is 0.769. The van der Waals surface area contributed by atoms with Crippen LogP contribution in [0.5, 0.6) is 17.2 Å². The quantitative estimate of drug-likeness (QED) is 0.246. The van der Waals surface area contributed by atoms with Crippen molar-refractivity contribution in [3.8, 4) is 17.2 Å². The Kier molecular flexibility index (Phi) is 7.49. The molecule has 0 radical (unpaired) electrons. The fraction of sp³-hybridized carbons (Fsp3) is 0.292. The molecule has 4 rings (SSSR count). The number of fused-ring (bicyclic) bond motifs is 1. The van der Waals surface area contributed by atoms with Crippen LogP contribution in [-0.4, -0.2) is 42.3 Å². The molecule has 8 nitrogen and oxygen atoms in total. The minimum atomic E-state index is -4.69. The van der Waals surface area contributed by atoms with E-state index in [9.17, 15) is 27.2 Å². The maximum Gasteiger partial charge on any atom is 0.408 e. The summed E-state index contributed by atoms with van der Waals surface area (Å²) >= 11 is 6.00. The molecule has 0 aliphatic heterocycles. The molecule has 0 bridgehead atoms. The van der Waals surface area contributed by atoms with E-state index >= 15 is 4.39 Å². The molecule has 0 spiro atoms. The van der Waals surface area contributed by atoms with Crippen LogP contribution in [-0.2, 0) is 0 Å². The monoisotopic (exact) mass is 558 g/mol. The third kappa shape index (κ3) is 5.82. The highest BCUT2D eigenvalue weighted by Crippen LogP contribution is 2.39. The number of rotatable bonds is 7. The first-order valence-corrected chi connectivity index (χ1v) is 11.5. The summed E-state index contributed by atoms with van der Waals surface area (Å²) in [5.41, 5.74) is -0.468. The highest BCUT2D eigenvalue weighted by atomic mass is 35.5. The van der Waals surface area contributed by atoms with E-state index in [4.69, 9.17) is 21.1 Å². The first-order chi connectivity index (χ1) is 17.9. The van der Waals surface area contributed by atoms with E-state index in [-0.39, 0.29) is 39.7 Å². The Morgan fingerprint density at radius 3 is 2.50 bits per heavy atom. The van der Waals surface area contributed by atoms with E-state index in [1.165, 1.54) is 25.4 Å². The Morgan fingerprint density at radius 1 is 1.16 bits per heavy atom. The zero-order valence-electron chi connectivity index (χ0n) is 19.8. The van der Waals surface area contributed by atoms with Crippen molar-refractivity contribution < 1.29 is 41.0 Å². The van der Waals surface area contributed by atoms with Gasteiger partial charge in [-0.15, -0.1) is 0 Å². The second kappa shape index (κ2) is 10.5. The predicted molar refractivity (Wildman–Crippen MR) is 128 cm³/mol. The largest absolute Gasteiger partial charge is 0.496 e. The van der Waals surface area contributed by atoms with Gasteiger partial charge in [0.1, 0.15) is 22.6 Å². The van der Waals surface area contributed by atoms with E-state index in [2.05, 4.69) is 15.6 Å². The molecule has 0 saturated heterocycles. The van der Waals surface area contributed by atoms with Crippen molar-refractivity contribution in [2.45, 2.75) is 38.0 Å². The Hall–Kier alpha value is -3.87. The molecule has 1 atom stereocenters. The average molecular weight is 559 g/mol. The molecule has 3 aromatic rings. The highest BCUT2D eigenvalue weighted by Gasteiger charge is 2.37. The fourth-order valence-corrected chi connectivity index (χ4v) is 3.57. The standard InChI is InChI=1S/C24H20ClF5N4O4/c1-10(24(28,29)30)32-22(35)13-7-12-15(9-18(13)37-2)31-6-5-17(12)38-21-14(26)8-16(19(25)20(21)27)34-23(36)33-11-3-4-11/h5-11H,3-4H2,1-2H3,(H,32,35)(H2,33,34,36). The molecule has 3 amide bonds. The summed E-state index contributed by atoms with van der Waals surface area (Å²) < 4.78 is 79.3. The van der Waals surface area contributed by atoms with Gasteiger partial charge in [0.2, 0.25) is 0 Å². The van der Waals surface area contributed by atoms with Gasteiger partial charge < -0.3 is 25.4 Å². The molecule has 202 valence electrons. The van der Waals surface area contributed by atoms with Crippen LogP contribution >= 0.6 is 11.6 Å². The van der Waals surface area contributed by atoms with Crippen molar-refractivity contribution in [3.63, 3.8) is 0 Å². The number of halogens is 6. The highest BCUT2D eigenvalue weighted by molar-refractivity contribution is 6.34. The lowest BCUT2D eigenvalue weighted by Gasteiger charge is -2.19. The Labute approximate surface area is 217 Å². The molecule has 1 unspecified atom stereocenters. The Balaban J connectivity index is 1.68. The number of carbonyl (C=O) groups excluding carboxylic acids is 2. The minimum absolute atomic E-state index is 0.00619. The molecular weight excluding hydrogens is 539 g/mol. The van der Waals surface area contributed by atoms with Crippen molar-refractivity contribution in [1.82, 2.24) is 15.6 Å². The third-order valence-corrected chi connectivity index (χ3v) is 5.96. The topological polar surface area (TPSA) is 102 Å². The number of nitrogens with zero attached hydrogens (tertiary/aromatic N) is 1. The molecule has 1 fully saturated rings. The lowest BCUT2D eigenvalue weighted by Crippen LogP contribution is -2.43. The predicted octanol–water partition coefficient (Wildman–Crippen LogP) is 5.93. The van der Waals surface area contributed by atoms with E-state index in [1.807, 2.05) is 5.32 Å². The number of ether oxygens (including phenoxy) is 2. The molecule has 38 heavy (non-hydrogen) atoms. The van der Waals surface area contributed by atoms with Gasteiger partial charge in [0.05, 0.1) is 23.9 Å². The number of methoxy groups -OCH3 is 1. The first kappa shape index (κ1) is 27.2. The lowest BCUT2D eigenvalue weighted by atomic mass is 10.1. The van der Waals surface area contributed by atoms with Crippen LogP contribution in [0.25, 0.3) is 10.9 Å². The molecule has 1 aliphatic rings. The van der Waals surface area contributed by atoms with Gasteiger partial charge in [-0.25, -0.2) is 13.6 Å². The van der Waals surface area contributed by atoms with Gasteiger partial charge in [-0.1, -0.05) is 11.6 Å². The Bertz CT molecular complexity index is 1420. The number of nitrogens with one attached hydrogen (secondary N) is 3. The molecule has 1 aliphatic carbocycles. The summed E-state index contributed by atoms with van der Waals surface area (Å²) in [4.78, 5) is 28.7. The van der Waals surface area contributed by atoms with Gasteiger partial charge in [0.15, 0.2) is 17.4 Å². The Morgan fingerprint density at radius 2 is 1.87 bits per heavy atom. The van der Waals surface area contributed by atoms with Gasteiger partial charge in [0, 0.05) is 29.8 Å². The molecule has 2 aromatic carbocycles. The van der Waals surface area contributed by atoms with Crippen molar-refractivity contribution >= 4 is 40.1 Å². The number of urea groups is 1. The summed E-state index contributed by atoms with van der Waals surface area (Å²) in [6.07, 6.45) is -1.85. The molecular formula is C24H20ClF5N4O4. The van der Waals surface area contributed by atoms with Gasteiger partial charge >= 0.3 is 12.2 Å². The van der Waals surface area contributed by atoms with Gasteiger partial charge in [-0.2, -0.15) is 13.2 Å². The SMILES string of the molecule is COc1cc2nccc(Oc3c(F)cc(NC(=O)NC4CC4)c(Cl)c3F)c2cc1C(=O)NC(C)C(F)(F)F. The molecule has 14 heteroatoms. The van der Waals surface area contributed by atoms with E-state index in [0.29, 0.717) is 0 Å². The first-order valence-electron chi connectivity index (χ1n) is 11.2. The number of pyridine rings is 1. The van der Waals surface area contributed by atoms with Gasteiger partial charge in [-0.05, 0) is 31.9 Å². The van der Waals surface area contributed by atoms with Gasteiger partial charge in [0.25, 0.3) is 5.91 Å². The molecule has 1 heterocycles. The van der Waals surface area contributed by atoms with Crippen LogP contribution < -0.4 is 25.4 Å². The van der Waals surface area contributed by atoms with Gasteiger partial charge in [-0.3, -0.25) is 9.78 Å². The van der Waals surface area contributed by atoms with E-state index in [0.717, 1.165) is 31.9 Å². The number of amides is 3. The number of anilines is 1. The summed E-state index contributed by atoms with van der Waals surface area (Å²) in [7, 11) is 1.21. The van der Waals surface area contributed by atoms with Crippen molar-refractivity contribution in [2.75, 3.05) is 12.4 Å². The molecule has 1 saturated carbocycles. The maximum atomic E-state index is 15.0. The van der Waals surface area contributed by atoms with Crippen molar-refractivity contribution in [2.24, 2.45) is 0 Å². The van der Waals surface area contributed by atoms with E-state index in [1.54, 1.807) is 0 Å². The third-order valence-electron chi connectivity index (χ3n) is 5.60. The second-order valence-electron chi connectivity index (χ2n) is 8.45. The van der Waals surface area contributed by atoms with Crippen molar-refractivity contribution in [1.29, 1.82) is 0 Å². The zero-order chi connectivity index (χ0) is 27.8. The van der Waals surface area contributed by atoms with E-state index < -0.39 is 46.6 Å². The fourth-order valence-electron chi connectivity index (χ4n) is 3.38. The number of hydrogen-bond acceptors (Lipinski definition) is 5. The number of carbonyl (C=O) groups is 2. The van der Waals surface area contributed by atoms with Crippen LogP contribution in [0.4, 0.5) is 32.4 Å². The summed E-state index contributed by atoms with van der Waals surface area (Å²) in [5, 5.41) is 6.12. The van der Waals surface area contributed by atoms with Crippen molar-refractivity contribution in [3.05, 3.63) is 52.7 Å². The molecule has 1 aromatic heterocycles. The van der Waals surface area contributed by atoms with Crippen LogP contribution in [0.1, 0.15) is 30.1 Å². The number of aromatic nitrogens is 1. The number of alkyl halides is 3. The zero-order valence-corrected chi connectivity index (χ0v) is 20.6. The normalized spacial score (nSPS) is 14.1. The van der Waals surface area contributed by atoms with Crippen LogP contribution in [0.15, 0.2) is 30.5 Å². The number of benzene rings is 2. The smallest absolute Gasteiger partial charge is 0.408 e. The maximum absolute atomic E-state index is 15.0.